The van der Waals surface area contributed by atoms with Crippen molar-refractivity contribution in [1.29, 1.82) is 5.26 Å². The quantitative estimate of drug-likeness (QED) is 0.917. The summed E-state index contributed by atoms with van der Waals surface area (Å²) in [5.41, 5.74) is 7.23. The van der Waals surface area contributed by atoms with Crippen molar-refractivity contribution in [3.63, 3.8) is 0 Å². The number of pyridine rings is 1. The van der Waals surface area contributed by atoms with E-state index in [-0.39, 0.29) is 0 Å². The van der Waals surface area contributed by atoms with Gasteiger partial charge in [-0.3, -0.25) is 0 Å². The highest BCUT2D eigenvalue weighted by Gasteiger charge is 2.14. The minimum atomic E-state index is 0.374. The second kappa shape index (κ2) is 6.90. The van der Waals surface area contributed by atoms with E-state index in [1.54, 1.807) is 12.3 Å². The number of anilines is 1. The Morgan fingerprint density at radius 3 is 2.65 bits per heavy atom. The lowest BCUT2D eigenvalue weighted by molar-refractivity contribution is 0.776. The second-order valence-corrected chi connectivity index (χ2v) is 4.68. The van der Waals surface area contributed by atoms with E-state index in [0.717, 1.165) is 5.56 Å². The van der Waals surface area contributed by atoms with E-state index in [1.807, 2.05) is 35.2 Å². The van der Waals surface area contributed by atoms with Crippen LogP contribution in [0.5, 0.6) is 0 Å². The maximum atomic E-state index is 9.04. The normalized spacial score (nSPS) is 10.1. The van der Waals surface area contributed by atoms with Gasteiger partial charge in [-0.15, -0.1) is 0 Å². The number of hydrogen-bond acceptors (Lipinski definition) is 4. The van der Waals surface area contributed by atoms with Crippen LogP contribution in [0.15, 0.2) is 42.6 Å². The number of halogens is 1. The minimum Gasteiger partial charge on any atom is -0.350 e. The standard InChI is InChI=1S/C15H15ClN4/c16-14-13(10-18)6-8-19-15(14)20(9-7-17)11-12-4-2-1-3-5-12/h1-6,8H,7,9,11,17H2. The number of hydrogen-bond donors (Lipinski definition) is 1. The highest BCUT2D eigenvalue weighted by molar-refractivity contribution is 6.34. The Morgan fingerprint density at radius 1 is 1.25 bits per heavy atom. The lowest BCUT2D eigenvalue weighted by atomic mass is 10.2. The van der Waals surface area contributed by atoms with Gasteiger partial charge in [0.05, 0.1) is 5.56 Å². The van der Waals surface area contributed by atoms with Crippen LogP contribution in [0.1, 0.15) is 11.1 Å². The summed E-state index contributed by atoms with van der Waals surface area (Å²) >= 11 is 6.24. The number of nitriles is 1. The maximum absolute atomic E-state index is 9.04. The monoisotopic (exact) mass is 286 g/mol. The Kier molecular flexibility index (Phi) is 4.94. The zero-order chi connectivity index (χ0) is 14.4. The van der Waals surface area contributed by atoms with E-state index in [9.17, 15) is 0 Å². The molecule has 2 N–H and O–H groups in total. The molecule has 1 aromatic heterocycles. The molecule has 0 radical (unpaired) electrons. The van der Waals surface area contributed by atoms with Gasteiger partial charge in [-0.05, 0) is 11.6 Å². The Balaban J connectivity index is 2.32. The van der Waals surface area contributed by atoms with Gasteiger partial charge in [0.2, 0.25) is 0 Å². The molecule has 0 atom stereocenters. The van der Waals surface area contributed by atoms with Crippen molar-refractivity contribution < 1.29 is 0 Å². The first-order valence-corrected chi connectivity index (χ1v) is 6.67. The Labute approximate surface area is 123 Å². The summed E-state index contributed by atoms with van der Waals surface area (Å²) in [6, 6.07) is 13.7. The van der Waals surface area contributed by atoms with E-state index in [4.69, 9.17) is 22.6 Å². The fraction of sp³-hybridized carbons (Fsp3) is 0.200. The molecule has 0 aliphatic rings. The molecule has 4 nitrogen and oxygen atoms in total. The molecule has 0 saturated heterocycles. The van der Waals surface area contributed by atoms with E-state index in [0.29, 0.717) is 36.0 Å². The Morgan fingerprint density at radius 2 is 2.00 bits per heavy atom. The molecule has 1 heterocycles. The number of nitrogens with two attached hydrogens (primary N) is 1. The molecule has 0 aliphatic carbocycles. The number of rotatable bonds is 5. The third kappa shape index (κ3) is 3.27. The maximum Gasteiger partial charge on any atom is 0.149 e. The van der Waals surface area contributed by atoms with Crippen LogP contribution in [-0.2, 0) is 6.54 Å². The molecule has 0 saturated carbocycles. The van der Waals surface area contributed by atoms with E-state index < -0.39 is 0 Å². The van der Waals surface area contributed by atoms with Gasteiger partial charge < -0.3 is 10.6 Å². The van der Waals surface area contributed by atoms with Crippen LogP contribution < -0.4 is 10.6 Å². The lowest BCUT2D eigenvalue weighted by Gasteiger charge is -2.24. The molecule has 0 unspecified atom stereocenters. The molecule has 2 aromatic rings. The topological polar surface area (TPSA) is 65.9 Å². The second-order valence-electron chi connectivity index (χ2n) is 4.30. The fourth-order valence-corrected chi connectivity index (χ4v) is 2.23. The third-order valence-electron chi connectivity index (χ3n) is 2.91. The summed E-state index contributed by atoms with van der Waals surface area (Å²) < 4.78 is 0. The fourth-order valence-electron chi connectivity index (χ4n) is 1.96. The molecule has 20 heavy (non-hydrogen) atoms. The summed E-state index contributed by atoms with van der Waals surface area (Å²) in [6.45, 7) is 1.76. The SMILES string of the molecule is N#Cc1ccnc(N(CCN)Cc2ccccc2)c1Cl. The first-order chi connectivity index (χ1) is 9.76. The average molecular weight is 287 g/mol. The third-order valence-corrected chi connectivity index (χ3v) is 3.28. The molecular formula is C15H15ClN4. The van der Waals surface area contributed by atoms with E-state index in [1.165, 1.54) is 0 Å². The van der Waals surface area contributed by atoms with Crippen LogP contribution in [0, 0.1) is 11.3 Å². The zero-order valence-electron chi connectivity index (χ0n) is 11.0. The lowest BCUT2D eigenvalue weighted by Crippen LogP contribution is -2.30. The largest absolute Gasteiger partial charge is 0.350 e. The molecular weight excluding hydrogens is 272 g/mol. The van der Waals surface area contributed by atoms with Gasteiger partial charge in [0.1, 0.15) is 16.9 Å². The van der Waals surface area contributed by atoms with Crippen molar-refractivity contribution in [3.8, 4) is 6.07 Å². The first kappa shape index (κ1) is 14.3. The zero-order valence-corrected chi connectivity index (χ0v) is 11.7. The van der Waals surface area contributed by atoms with Gasteiger partial charge in [0.15, 0.2) is 0 Å². The molecule has 0 bridgehead atoms. The molecule has 5 heteroatoms. The van der Waals surface area contributed by atoms with Crippen molar-refractivity contribution in [3.05, 3.63) is 58.7 Å². The van der Waals surface area contributed by atoms with E-state index >= 15 is 0 Å². The molecule has 0 aliphatic heterocycles. The van der Waals surface area contributed by atoms with Crippen LogP contribution in [0.3, 0.4) is 0 Å². The molecule has 0 spiro atoms. The summed E-state index contributed by atoms with van der Waals surface area (Å²) in [5.74, 6) is 0.597. The van der Waals surface area contributed by atoms with Crippen molar-refractivity contribution in [2.24, 2.45) is 5.73 Å². The van der Waals surface area contributed by atoms with Gasteiger partial charge >= 0.3 is 0 Å². The summed E-state index contributed by atoms with van der Waals surface area (Å²) in [5, 5.41) is 9.41. The van der Waals surface area contributed by atoms with Gasteiger partial charge in [-0.25, -0.2) is 4.98 Å². The van der Waals surface area contributed by atoms with Crippen LogP contribution in [-0.4, -0.2) is 18.1 Å². The molecule has 1 aromatic carbocycles. The number of benzene rings is 1. The van der Waals surface area contributed by atoms with Crippen molar-refractivity contribution in [1.82, 2.24) is 4.98 Å². The van der Waals surface area contributed by atoms with Crippen LogP contribution >= 0.6 is 11.6 Å². The van der Waals surface area contributed by atoms with Crippen LogP contribution in [0.2, 0.25) is 5.02 Å². The van der Waals surface area contributed by atoms with Gasteiger partial charge in [0.25, 0.3) is 0 Å². The summed E-state index contributed by atoms with van der Waals surface area (Å²) in [6.07, 6.45) is 1.59. The van der Waals surface area contributed by atoms with Crippen molar-refractivity contribution in [2.45, 2.75) is 6.54 Å². The smallest absolute Gasteiger partial charge is 0.149 e. The van der Waals surface area contributed by atoms with Crippen molar-refractivity contribution in [2.75, 3.05) is 18.0 Å². The predicted octanol–water partition coefficient (Wildman–Crippen LogP) is 2.57. The highest BCUT2D eigenvalue weighted by atomic mass is 35.5. The summed E-state index contributed by atoms with van der Waals surface area (Å²) in [4.78, 5) is 6.27. The summed E-state index contributed by atoms with van der Waals surface area (Å²) in [7, 11) is 0. The predicted molar refractivity (Wildman–Crippen MR) is 80.5 cm³/mol. The van der Waals surface area contributed by atoms with Crippen LogP contribution in [0.4, 0.5) is 5.82 Å². The Bertz CT molecular complexity index is 607. The number of aromatic nitrogens is 1. The van der Waals surface area contributed by atoms with Gasteiger partial charge in [0, 0.05) is 25.8 Å². The highest BCUT2D eigenvalue weighted by Crippen LogP contribution is 2.27. The Hall–Kier alpha value is -2.09. The van der Waals surface area contributed by atoms with Gasteiger partial charge in [-0.1, -0.05) is 41.9 Å². The molecule has 102 valence electrons. The van der Waals surface area contributed by atoms with E-state index in [2.05, 4.69) is 11.1 Å². The minimum absolute atomic E-state index is 0.374. The molecule has 0 amide bonds. The van der Waals surface area contributed by atoms with Crippen LogP contribution in [0.25, 0.3) is 0 Å². The van der Waals surface area contributed by atoms with Gasteiger partial charge in [-0.2, -0.15) is 5.26 Å². The average Bonchev–Trinajstić information content (AvgIpc) is 2.48. The molecule has 2 rings (SSSR count). The van der Waals surface area contributed by atoms with Crippen molar-refractivity contribution >= 4 is 17.4 Å². The first-order valence-electron chi connectivity index (χ1n) is 6.29. The molecule has 0 fully saturated rings. The number of nitrogens with zero attached hydrogens (tertiary/aromatic N) is 3.